The lowest BCUT2D eigenvalue weighted by Crippen LogP contribution is -2.19. The van der Waals surface area contributed by atoms with Gasteiger partial charge >= 0.3 is 5.97 Å². The van der Waals surface area contributed by atoms with Crippen molar-refractivity contribution in [2.45, 2.75) is 0 Å². The van der Waals surface area contributed by atoms with E-state index in [0.29, 0.717) is 18.1 Å². The summed E-state index contributed by atoms with van der Waals surface area (Å²) in [4.78, 5) is 18.3. The molecule has 0 saturated heterocycles. The molecule has 0 aliphatic rings. The van der Waals surface area contributed by atoms with Gasteiger partial charge in [0.25, 0.3) is 0 Å². The summed E-state index contributed by atoms with van der Waals surface area (Å²) in [6.45, 7) is 4.82. The Hall–Kier alpha value is -2.61. The molecule has 0 atom stereocenters. The molecule has 0 aliphatic heterocycles. The van der Waals surface area contributed by atoms with E-state index < -0.39 is 5.97 Å². The van der Waals surface area contributed by atoms with Gasteiger partial charge in [-0.25, -0.2) is 9.31 Å². The van der Waals surface area contributed by atoms with Crippen LogP contribution in [0.4, 0.5) is 5.82 Å². The van der Waals surface area contributed by atoms with Crippen LogP contribution in [0, 0.1) is 0 Å². The summed E-state index contributed by atoms with van der Waals surface area (Å²) in [5, 5.41) is 4.03. The first-order valence-electron chi connectivity index (χ1n) is 6.73. The second-order valence-corrected chi connectivity index (χ2v) is 4.83. The summed E-state index contributed by atoms with van der Waals surface area (Å²) in [6, 6.07) is 1.66. The fraction of sp³-hybridized carbons (Fsp3) is 0.357. The molecule has 2 N–H and O–H groups in total. The minimum absolute atomic E-state index is 0.0620. The van der Waals surface area contributed by atoms with Crippen molar-refractivity contribution >= 4 is 17.4 Å². The van der Waals surface area contributed by atoms with Gasteiger partial charge in [-0.1, -0.05) is 12.7 Å². The van der Waals surface area contributed by atoms with Gasteiger partial charge in [0.1, 0.15) is 18.8 Å². The number of fused-ring (bicyclic) bond motifs is 1. The summed E-state index contributed by atoms with van der Waals surface area (Å²) in [7, 11) is 3.90. The van der Waals surface area contributed by atoms with E-state index in [1.54, 1.807) is 12.3 Å². The van der Waals surface area contributed by atoms with Gasteiger partial charge in [-0.2, -0.15) is 4.98 Å². The van der Waals surface area contributed by atoms with Crippen LogP contribution in [-0.2, 0) is 4.74 Å². The van der Waals surface area contributed by atoms with Gasteiger partial charge in [0.05, 0.1) is 0 Å². The van der Waals surface area contributed by atoms with Crippen LogP contribution >= 0.6 is 0 Å². The minimum atomic E-state index is -0.592. The van der Waals surface area contributed by atoms with Crippen molar-refractivity contribution in [3.63, 3.8) is 0 Å². The Morgan fingerprint density at radius 3 is 3.00 bits per heavy atom. The molecule has 8 nitrogen and oxygen atoms in total. The number of ether oxygens (including phenoxy) is 2. The smallest absolute Gasteiger partial charge is 0.346 e. The molecule has 2 aromatic heterocycles. The van der Waals surface area contributed by atoms with Gasteiger partial charge in [0.15, 0.2) is 11.5 Å². The van der Waals surface area contributed by atoms with E-state index in [1.165, 1.54) is 10.6 Å². The standard InChI is InChI=1S/C14H19N5O3/c1-4-8-22-14(20)11-12(15)17-19-6-5-10(16-13(11)19)21-9-7-18(2)3/h4-6H,1,7-9H2,2-3H3,(H2,15,17). The molecule has 0 fully saturated rings. The van der Waals surface area contributed by atoms with Gasteiger partial charge in [0, 0.05) is 18.8 Å². The van der Waals surface area contributed by atoms with E-state index in [2.05, 4.69) is 16.7 Å². The molecule has 2 heterocycles. The number of rotatable bonds is 7. The van der Waals surface area contributed by atoms with Gasteiger partial charge in [-0.3, -0.25) is 0 Å². The maximum atomic E-state index is 12.0. The summed E-state index contributed by atoms with van der Waals surface area (Å²) < 4.78 is 12.0. The SMILES string of the molecule is C=CCOC(=O)c1c(N)nn2ccc(OCCN(C)C)nc12. The topological polar surface area (TPSA) is 95.0 Å². The third-order valence-electron chi connectivity index (χ3n) is 2.81. The second kappa shape index (κ2) is 6.90. The molecule has 0 unspecified atom stereocenters. The first-order valence-corrected chi connectivity index (χ1v) is 6.73. The zero-order valence-corrected chi connectivity index (χ0v) is 12.7. The van der Waals surface area contributed by atoms with Crippen molar-refractivity contribution in [2.75, 3.05) is 39.6 Å². The van der Waals surface area contributed by atoms with Crippen molar-refractivity contribution < 1.29 is 14.3 Å². The molecule has 0 aromatic carbocycles. The van der Waals surface area contributed by atoms with Crippen molar-refractivity contribution in [1.29, 1.82) is 0 Å². The average molecular weight is 305 g/mol. The Labute approximate surface area is 128 Å². The Morgan fingerprint density at radius 1 is 1.55 bits per heavy atom. The number of nitrogen functional groups attached to an aromatic ring is 1. The molecule has 118 valence electrons. The number of hydrogen-bond donors (Lipinski definition) is 1. The molecule has 22 heavy (non-hydrogen) atoms. The molecule has 0 aliphatic carbocycles. The first kappa shape index (κ1) is 15.8. The number of anilines is 1. The van der Waals surface area contributed by atoms with Crippen LogP contribution in [0.3, 0.4) is 0 Å². The lowest BCUT2D eigenvalue weighted by atomic mass is 10.3. The predicted octanol–water partition coefficient (Wildman–Crippen LogP) is 0.595. The molecule has 0 amide bonds. The predicted molar refractivity (Wildman–Crippen MR) is 81.9 cm³/mol. The van der Waals surface area contributed by atoms with Gasteiger partial charge in [0.2, 0.25) is 5.88 Å². The molecular weight excluding hydrogens is 286 g/mol. The monoisotopic (exact) mass is 305 g/mol. The fourth-order valence-corrected chi connectivity index (χ4v) is 1.75. The zero-order chi connectivity index (χ0) is 16.1. The summed E-state index contributed by atoms with van der Waals surface area (Å²) >= 11 is 0. The molecule has 2 aromatic rings. The highest BCUT2D eigenvalue weighted by Gasteiger charge is 2.21. The molecule has 2 rings (SSSR count). The third-order valence-corrected chi connectivity index (χ3v) is 2.81. The average Bonchev–Trinajstić information content (AvgIpc) is 2.79. The normalized spacial score (nSPS) is 10.9. The first-order chi connectivity index (χ1) is 10.5. The minimum Gasteiger partial charge on any atom is -0.476 e. The van der Waals surface area contributed by atoms with E-state index >= 15 is 0 Å². The lowest BCUT2D eigenvalue weighted by molar-refractivity contribution is 0.0553. The van der Waals surface area contributed by atoms with E-state index in [0.717, 1.165) is 6.54 Å². The molecule has 0 radical (unpaired) electrons. The fourth-order valence-electron chi connectivity index (χ4n) is 1.75. The van der Waals surface area contributed by atoms with E-state index in [-0.39, 0.29) is 18.0 Å². The number of carbonyl (C=O) groups is 1. The van der Waals surface area contributed by atoms with Gasteiger partial charge in [-0.15, -0.1) is 5.10 Å². The molecule has 0 spiro atoms. The molecule has 0 saturated carbocycles. The Morgan fingerprint density at radius 2 is 2.32 bits per heavy atom. The largest absolute Gasteiger partial charge is 0.476 e. The number of nitrogens with two attached hydrogens (primary N) is 1. The number of nitrogens with zero attached hydrogens (tertiary/aromatic N) is 4. The van der Waals surface area contributed by atoms with Crippen molar-refractivity contribution in [3.05, 3.63) is 30.5 Å². The Balaban J connectivity index is 2.26. The Bertz CT molecular complexity index is 680. The van der Waals surface area contributed by atoms with Crippen molar-refractivity contribution in [2.24, 2.45) is 0 Å². The maximum Gasteiger partial charge on any atom is 0.346 e. The molecule has 0 bridgehead atoms. The second-order valence-electron chi connectivity index (χ2n) is 4.83. The maximum absolute atomic E-state index is 12.0. The molecular formula is C14H19N5O3. The van der Waals surface area contributed by atoms with Crippen molar-refractivity contribution in [1.82, 2.24) is 19.5 Å². The molecule has 8 heteroatoms. The summed E-state index contributed by atoms with van der Waals surface area (Å²) in [5.41, 5.74) is 6.19. The number of carbonyl (C=O) groups excluding carboxylic acids is 1. The lowest BCUT2D eigenvalue weighted by Gasteiger charge is -2.10. The van der Waals surface area contributed by atoms with Crippen molar-refractivity contribution in [3.8, 4) is 5.88 Å². The van der Waals surface area contributed by atoms with Crippen LogP contribution < -0.4 is 10.5 Å². The van der Waals surface area contributed by atoms with Gasteiger partial charge in [-0.05, 0) is 14.1 Å². The number of aromatic nitrogens is 3. The highest BCUT2D eigenvalue weighted by molar-refractivity contribution is 6.00. The number of esters is 1. The van der Waals surface area contributed by atoms with Crippen LogP contribution in [0.1, 0.15) is 10.4 Å². The van der Waals surface area contributed by atoms with Crippen LogP contribution in [0.25, 0.3) is 5.65 Å². The summed E-state index contributed by atoms with van der Waals surface area (Å²) in [6.07, 6.45) is 3.11. The van der Waals surface area contributed by atoms with E-state index in [1.807, 2.05) is 19.0 Å². The van der Waals surface area contributed by atoms with Crippen LogP contribution in [-0.4, -0.2) is 59.3 Å². The third kappa shape index (κ3) is 3.53. The van der Waals surface area contributed by atoms with Crippen LogP contribution in [0.2, 0.25) is 0 Å². The highest BCUT2D eigenvalue weighted by Crippen LogP contribution is 2.19. The van der Waals surface area contributed by atoms with Crippen LogP contribution in [0.5, 0.6) is 5.88 Å². The van der Waals surface area contributed by atoms with E-state index in [4.69, 9.17) is 15.2 Å². The quantitative estimate of drug-likeness (QED) is 0.591. The van der Waals surface area contributed by atoms with Crippen LogP contribution in [0.15, 0.2) is 24.9 Å². The van der Waals surface area contributed by atoms with Gasteiger partial charge < -0.3 is 20.1 Å². The number of likely N-dealkylation sites (N-methyl/N-ethyl adjacent to an activating group) is 1. The number of hydrogen-bond acceptors (Lipinski definition) is 7. The van der Waals surface area contributed by atoms with E-state index in [9.17, 15) is 4.79 Å². The summed E-state index contributed by atoms with van der Waals surface area (Å²) in [5.74, 6) is -0.135. The highest BCUT2D eigenvalue weighted by atomic mass is 16.5. The Kier molecular flexibility index (Phi) is 4.95. The zero-order valence-electron chi connectivity index (χ0n) is 12.7.